The Kier molecular flexibility index (Phi) is 2.91. The fourth-order valence-corrected chi connectivity index (χ4v) is 2.10. The molecule has 0 fully saturated rings. The number of aromatic carboxylic acids is 1. The van der Waals surface area contributed by atoms with Crippen molar-refractivity contribution in [2.75, 3.05) is 0 Å². The van der Waals surface area contributed by atoms with Crippen molar-refractivity contribution < 1.29 is 15.0 Å². The molecular weight excluding hydrogens is 272 g/mol. The van der Waals surface area contributed by atoms with Crippen LogP contribution in [0.2, 0.25) is 0 Å². The maximum absolute atomic E-state index is 12.4. The van der Waals surface area contributed by atoms with Gasteiger partial charge in [-0.25, -0.2) is 9.78 Å². The van der Waals surface area contributed by atoms with Crippen LogP contribution in [0, 0.1) is 0 Å². The lowest BCUT2D eigenvalue weighted by atomic mass is 10.1. The van der Waals surface area contributed by atoms with Gasteiger partial charge in [-0.15, -0.1) is 0 Å². The van der Waals surface area contributed by atoms with E-state index >= 15 is 0 Å². The normalized spacial score (nSPS) is 10.7. The van der Waals surface area contributed by atoms with E-state index in [0.717, 1.165) is 0 Å². The largest absolute Gasteiger partial charge is 0.507 e. The summed E-state index contributed by atoms with van der Waals surface area (Å²) in [5.74, 6) is -1.62. The summed E-state index contributed by atoms with van der Waals surface area (Å²) in [6.07, 6.45) is 1.34. The Hall–Kier alpha value is -3.15. The molecule has 0 unspecified atom stereocenters. The van der Waals surface area contributed by atoms with Crippen LogP contribution >= 0.6 is 0 Å². The van der Waals surface area contributed by atoms with Gasteiger partial charge in [0.1, 0.15) is 17.6 Å². The number of hydrogen-bond acceptors (Lipinski definition) is 4. The van der Waals surface area contributed by atoms with Crippen LogP contribution in [0.1, 0.15) is 10.4 Å². The summed E-state index contributed by atoms with van der Waals surface area (Å²) in [5.41, 5.74) is 0.319. The number of aromatic hydroxyl groups is 1. The van der Waals surface area contributed by atoms with Crippen molar-refractivity contribution in [2.24, 2.45) is 0 Å². The topological polar surface area (TPSA) is 92.4 Å². The van der Waals surface area contributed by atoms with Gasteiger partial charge in [-0.05, 0) is 30.3 Å². The molecule has 1 aromatic heterocycles. The van der Waals surface area contributed by atoms with Crippen molar-refractivity contribution in [3.05, 3.63) is 64.7 Å². The molecule has 3 rings (SSSR count). The molecule has 0 atom stereocenters. The molecule has 0 aliphatic carbocycles. The predicted molar refractivity (Wildman–Crippen MR) is 76.0 cm³/mol. The lowest BCUT2D eigenvalue weighted by Crippen LogP contribution is -2.19. The van der Waals surface area contributed by atoms with Gasteiger partial charge in [-0.3, -0.25) is 9.36 Å². The van der Waals surface area contributed by atoms with E-state index in [1.807, 2.05) is 0 Å². The number of nitrogens with zero attached hydrogens (tertiary/aromatic N) is 2. The molecule has 6 nitrogen and oxygen atoms in total. The van der Waals surface area contributed by atoms with E-state index in [0.29, 0.717) is 16.6 Å². The molecule has 104 valence electrons. The zero-order chi connectivity index (χ0) is 15.0. The van der Waals surface area contributed by atoms with Crippen molar-refractivity contribution in [3.8, 4) is 11.4 Å². The van der Waals surface area contributed by atoms with Gasteiger partial charge >= 0.3 is 5.97 Å². The number of fused-ring (bicyclic) bond motifs is 1. The minimum atomic E-state index is -1.27. The second-order valence-corrected chi connectivity index (χ2v) is 4.44. The molecular formula is C15H10N2O4. The maximum atomic E-state index is 12.4. The second-order valence-electron chi connectivity index (χ2n) is 4.44. The third-order valence-corrected chi connectivity index (χ3v) is 3.15. The van der Waals surface area contributed by atoms with E-state index in [1.165, 1.54) is 29.1 Å². The summed E-state index contributed by atoms with van der Waals surface area (Å²) in [6, 6.07) is 10.8. The number of carboxylic acid groups (broad SMARTS) is 1. The van der Waals surface area contributed by atoms with E-state index in [-0.39, 0.29) is 16.9 Å². The molecule has 0 bridgehead atoms. The van der Waals surface area contributed by atoms with E-state index in [2.05, 4.69) is 4.98 Å². The Labute approximate surface area is 118 Å². The van der Waals surface area contributed by atoms with Gasteiger partial charge in [0.15, 0.2) is 0 Å². The SMILES string of the molecule is O=C(O)c1cc(-n2cnc3ccccc3c2=O)ccc1O. The summed E-state index contributed by atoms with van der Waals surface area (Å²) in [4.78, 5) is 27.6. The highest BCUT2D eigenvalue weighted by Gasteiger charge is 2.12. The smallest absolute Gasteiger partial charge is 0.339 e. The van der Waals surface area contributed by atoms with Crippen LogP contribution in [-0.4, -0.2) is 25.7 Å². The van der Waals surface area contributed by atoms with Crippen LogP contribution in [0.5, 0.6) is 5.75 Å². The molecule has 2 aromatic carbocycles. The molecule has 1 heterocycles. The molecule has 6 heteroatoms. The Morgan fingerprint density at radius 3 is 2.67 bits per heavy atom. The fourth-order valence-electron chi connectivity index (χ4n) is 2.10. The first-order chi connectivity index (χ1) is 10.1. The highest BCUT2D eigenvalue weighted by atomic mass is 16.4. The Balaban J connectivity index is 2.26. The molecule has 0 aliphatic heterocycles. The first-order valence-corrected chi connectivity index (χ1v) is 6.11. The van der Waals surface area contributed by atoms with E-state index in [9.17, 15) is 14.7 Å². The van der Waals surface area contributed by atoms with Gasteiger partial charge in [0, 0.05) is 0 Å². The van der Waals surface area contributed by atoms with Crippen molar-refractivity contribution in [2.45, 2.75) is 0 Å². The molecule has 0 saturated carbocycles. The minimum Gasteiger partial charge on any atom is -0.507 e. The summed E-state index contributed by atoms with van der Waals surface area (Å²) in [5, 5.41) is 19.0. The van der Waals surface area contributed by atoms with Crippen LogP contribution < -0.4 is 5.56 Å². The summed E-state index contributed by atoms with van der Waals surface area (Å²) in [7, 11) is 0. The molecule has 0 spiro atoms. The summed E-state index contributed by atoms with van der Waals surface area (Å²) < 4.78 is 1.24. The lowest BCUT2D eigenvalue weighted by Gasteiger charge is -2.08. The summed E-state index contributed by atoms with van der Waals surface area (Å²) >= 11 is 0. The van der Waals surface area contributed by atoms with E-state index in [4.69, 9.17) is 5.11 Å². The zero-order valence-electron chi connectivity index (χ0n) is 10.7. The van der Waals surface area contributed by atoms with Crippen molar-refractivity contribution in [1.29, 1.82) is 0 Å². The van der Waals surface area contributed by atoms with Gasteiger partial charge in [0.25, 0.3) is 5.56 Å². The third kappa shape index (κ3) is 2.12. The van der Waals surface area contributed by atoms with Crippen molar-refractivity contribution in [3.63, 3.8) is 0 Å². The monoisotopic (exact) mass is 282 g/mol. The second kappa shape index (κ2) is 4.75. The molecule has 0 radical (unpaired) electrons. The molecule has 0 amide bonds. The van der Waals surface area contributed by atoms with Gasteiger partial charge < -0.3 is 10.2 Å². The van der Waals surface area contributed by atoms with Crippen LogP contribution in [0.15, 0.2) is 53.6 Å². The quantitative estimate of drug-likeness (QED) is 0.747. The Morgan fingerprint density at radius 2 is 1.90 bits per heavy atom. The number of rotatable bonds is 2. The van der Waals surface area contributed by atoms with Crippen molar-refractivity contribution in [1.82, 2.24) is 9.55 Å². The van der Waals surface area contributed by atoms with Crippen LogP contribution in [-0.2, 0) is 0 Å². The Morgan fingerprint density at radius 1 is 1.14 bits per heavy atom. The zero-order valence-corrected chi connectivity index (χ0v) is 10.7. The van der Waals surface area contributed by atoms with E-state index < -0.39 is 5.97 Å². The minimum absolute atomic E-state index is 0.271. The number of para-hydroxylation sites is 1. The number of carbonyl (C=O) groups is 1. The van der Waals surface area contributed by atoms with E-state index in [1.54, 1.807) is 24.3 Å². The van der Waals surface area contributed by atoms with Crippen LogP contribution in [0.25, 0.3) is 16.6 Å². The fraction of sp³-hybridized carbons (Fsp3) is 0. The number of benzene rings is 2. The first-order valence-electron chi connectivity index (χ1n) is 6.11. The highest BCUT2D eigenvalue weighted by Crippen LogP contribution is 2.20. The standard InChI is InChI=1S/C15H10N2O4/c18-13-6-5-9(7-11(13)15(20)21)17-8-16-12-4-2-1-3-10(12)14(17)19/h1-8,18H,(H,20,21). The maximum Gasteiger partial charge on any atom is 0.339 e. The predicted octanol–water partition coefficient (Wildman–Crippen LogP) is 1.79. The molecule has 0 aliphatic rings. The van der Waals surface area contributed by atoms with Gasteiger partial charge in [0.05, 0.1) is 16.6 Å². The first kappa shape index (κ1) is 12.9. The molecule has 21 heavy (non-hydrogen) atoms. The average Bonchev–Trinajstić information content (AvgIpc) is 2.48. The molecule has 2 N–H and O–H groups in total. The van der Waals surface area contributed by atoms with Crippen LogP contribution in [0.4, 0.5) is 0 Å². The average molecular weight is 282 g/mol. The lowest BCUT2D eigenvalue weighted by molar-refractivity contribution is 0.0693. The van der Waals surface area contributed by atoms with Crippen molar-refractivity contribution >= 4 is 16.9 Å². The third-order valence-electron chi connectivity index (χ3n) is 3.15. The molecule has 3 aromatic rings. The van der Waals surface area contributed by atoms with Gasteiger partial charge in [-0.1, -0.05) is 12.1 Å². The summed E-state index contributed by atoms with van der Waals surface area (Å²) in [6.45, 7) is 0. The Bertz CT molecular complexity index is 915. The number of phenols is 1. The number of aromatic nitrogens is 2. The number of carboxylic acids is 1. The number of hydrogen-bond donors (Lipinski definition) is 2. The van der Waals surface area contributed by atoms with Gasteiger partial charge in [0.2, 0.25) is 0 Å². The van der Waals surface area contributed by atoms with Gasteiger partial charge in [-0.2, -0.15) is 0 Å². The van der Waals surface area contributed by atoms with Crippen LogP contribution in [0.3, 0.4) is 0 Å². The highest BCUT2D eigenvalue weighted by molar-refractivity contribution is 5.91. The molecule has 0 saturated heterocycles.